The summed E-state index contributed by atoms with van der Waals surface area (Å²) in [5, 5.41) is 0. The molecule has 1 unspecified atom stereocenters. The van der Waals surface area contributed by atoms with Gasteiger partial charge in [-0.2, -0.15) is 0 Å². The first-order valence-electron chi connectivity index (χ1n) is 6.69. The third kappa shape index (κ3) is 2.63. The lowest BCUT2D eigenvalue weighted by Crippen LogP contribution is -2.27. The molecule has 100 valence electrons. The quantitative estimate of drug-likeness (QED) is 0.818. The second kappa shape index (κ2) is 5.45. The molecule has 0 spiro atoms. The van der Waals surface area contributed by atoms with Crippen LogP contribution in [0.4, 0.5) is 5.69 Å². The van der Waals surface area contributed by atoms with Crippen molar-refractivity contribution in [3.05, 3.63) is 41.9 Å². The molecule has 2 heterocycles. The predicted octanol–water partition coefficient (Wildman–Crippen LogP) is 2.90. The number of hydrogen-bond acceptors (Lipinski definition) is 4. The van der Waals surface area contributed by atoms with Gasteiger partial charge in [0.25, 0.3) is 0 Å². The van der Waals surface area contributed by atoms with E-state index in [1.165, 1.54) is 0 Å². The molecule has 0 N–H and O–H groups in total. The van der Waals surface area contributed by atoms with Gasteiger partial charge in [0.1, 0.15) is 0 Å². The van der Waals surface area contributed by atoms with Gasteiger partial charge >= 0.3 is 0 Å². The Bertz CT molecular complexity index is 505. The van der Waals surface area contributed by atoms with Crippen molar-refractivity contribution >= 4 is 11.9 Å². The van der Waals surface area contributed by atoms with Crippen molar-refractivity contribution in [3.8, 4) is 0 Å². The van der Waals surface area contributed by atoms with Crippen LogP contribution in [0.25, 0.3) is 0 Å². The second-order valence-corrected chi connectivity index (χ2v) is 4.78. The number of hydrogen-bond donors (Lipinski definition) is 0. The Hall–Kier alpha value is -1.81. The monoisotopic (exact) mass is 258 g/mol. The number of benzene rings is 1. The first kappa shape index (κ1) is 12.2. The number of para-hydroxylation sites is 1. The zero-order valence-electron chi connectivity index (χ0n) is 11.1. The van der Waals surface area contributed by atoms with E-state index in [1.807, 2.05) is 36.4 Å². The summed E-state index contributed by atoms with van der Waals surface area (Å²) in [5.41, 5.74) is 2.18. The van der Waals surface area contributed by atoms with Crippen LogP contribution in [-0.4, -0.2) is 26.2 Å². The van der Waals surface area contributed by atoms with Crippen LogP contribution in [0.2, 0.25) is 0 Å². The standard InChI is InChI=1S/C15H18N2O2/c1-17-13-7-3-2-6-12(13)10-16-11-14(17)19-15-8-4-5-9-18-15/h2-3,6-7,10-11,15H,4-5,8-9H2,1H3. The maximum atomic E-state index is 5.93. The molecule has 0 bridgehead atoms. The number of fused-ring (bicyclic) bond motifs is 1. The Balaban J connectivity index is 1.79. The van der Waals surface area contributed by atoms with E-state index in [0.29, 0.717) is 0 Å². The lowest BCUT2D eigenvalue weighted by atomic mass is 10.2. The maximum Gasteiger partial charge on any atom is 0.215 e. The summed E-state index contributed by atoms with van der Waals surface area (Å²) in [7, 11) is 1.99. The average molecular weight is 258 g/mol. The van der Waals surface area contributed by atoms with Gasteiger partial charge < -0.3 is 14.4 Å². The first-order valence-corrected chi connectivity index (χ1v) is 6.69. The molecule has 3 rings (SSSR count). The molecule has 0 aromatic heterocycles. The SMILES string of the molecule is CN1C(OC2CCCCO2)=CN=Cc2ccccc21. The average Bonchev–Trinajstić information content (AvgIpc) is 2.61. The third-order valence-electron chi connectivity index (χ3n) is 3.42. The highest BCUT2D eigenvalue weighted by molar-refractivity contribution is 5.89. The molecule has 1 aromatic carbocycles. The molecule has 4 nitrogen and oxygen atoms in total. The minimum Gasteiger partial charge on any atom is -0.448 e. The molecule has 1 atom stereocenters. The van der Waals surface area contributed by atoms with E-state index in [1.54, 1.807) is 6.20 Å². The Morgan fingerprint density at radius 3 is 3.05 bits per heavy atom. The zero-order valence-corrected chi connectivity index (χ0v) is 11.1. The molecule has 2 aliphatic rings. The topological polar surface area (TPSA) is 34.1 Å². The molecule has 0 saturated carbocycles. The van der Waals surface area contributed by atoms with Gasteiger partial charge in [0, 0.05) is 25.2 Å². The molecule has 0 aliphatic carbocycles. The minimum absolute atomic E-state index is 0.150. The van der Waals surface area contributed by atoms with Crippen molar-refractivity contribution in [1.29, 1.82) is 0 Å². The number of rotatable bonds is 2. The minimum atomic E-state index is -0.150. The van der Waals surface area contributed by atoms with E-state index in [9.17, 15) is 0 Å². The number of nitrogens with zero attached hydrogens (tertiary/aromatic N) is 2. The summed E-state index contributed by atoms with van der Waals surface area (Å²) < 4.78 is 11.5. The number of ether oxygens (including phenoxy) is 2. The molecule has 4 heteroatoms. The molecule has 0 radical (unpaired) electrons. The van der Waals surface area contributed by atoms with Crippen molar-refractivity contribution in [2.45, 2.75) is 25.6 Å². The van der Waals surface area contributed by atoms with E-state index in [0.717, 1.165) is 43.0 Å². The summed E-state index contributed by atoms with van der Waals surface area (Å²) in [5.74, 6) is 0.730. The van der Waals surface area contributed by atoms with Gasteiger partial charge in [-0.1, -0.05) is 18.2 Å². The predicted molar refractivity (Wildman–Crippen MR) is 75.2 cm³/mol. The highest BCUT2D eigenvalue weighted by Gasteiger charge is 2.20. The molecule has 1 saturated heterocycles. The lowest BCUT2D eigenvalue weighted by molar-refractivity contribution is -0.139. The highest BCUT2D eigenvalue weighted by Crippen LogP contribution is 2.26. The van der Waals surface area contributed by atoms with Crippen molar-refractivity contribution in [2.24, 2.45) is 4.99 Å². The fourth-order valence-corrected chi connectivity index (χ4v) is 2.34. The van der Waals surface area contributed by atoms with Gasteiger partial charge in [-0.05, 0) is 18.9 Å². The van der Waals surface area contributed by atoms with E-state index < -0.39 is 0 Å². The van der Waals surface area contributed by atoms with Crippen LogP contribution in [0, 0.1) is 0 Å². The molecule has 1 aromatic rings. The molecule has 2 aliphatic heterocycles. The largest absolute Gasteiger partial charge is 0.448 e. The molecule has 19 heavy (non-hydrogen) atoms. The lowest BCUT2D eigenvalue weighted by Gasteiger charge is -2.28. The van der Waals surface area contributed by atoms with Crippen LogP contribution >= 0.6 is 0 Å². The van der Waals surface area contributed by atoms with E-state index >= 15 is 0 Å². The summed E-state index contributed by atoms with van der Waals surface area (Å²) in [4.78, 5) is 6.31. The van der Waals surface area contributed by atoms with Crippen molar-refractivity contribution in [1.82, 2.24) is 0 Å². The fourth-order valence-electron chi connectivity index (χ4n) is 2.34. The summed E-state index contributed by atoms with van der Waals surface area (Å²) >= 11 is 0. The van der Waals surface area contributed by atoms with E-state index in [-0.39, 0.29) is 6.29 Å². The normalized spacial score (nSPS) is 22.5. The van der Waals surface area contributed by atoms with Crippen LogP contribution in [0.1, 0.15) is 24.8 Å². The van der Waals surface area contributed by atoms with Gasteiger partial charge in [0.2, 0.25) is 12.2 Å². The Labute approximate surface area is 113 Å². The van der Waals surface area contributed by atoms with E-state index in [4.69, 9.17) is 9.47 Å². The van der Waals surface area contributed by atoms with E-state index in [2.05, 4.69) is 11.1 Å². The first-order chi connectivity index (χ1) is 9.34. The smallest absolute Gasteiger partial charge is 0.215 e. The van der Waals surface area contributed by atoms with Gasteiger partial charge in [0.15, 0.2) is 0 Å². The third-order valence-corrected chi connectivity index (χ3v) is 3.42. The van der Waals surface area contributed by atoms with Gasteiger partial charge in [-0.15, -0.1) is 0 Å². The maximum absolute atomic E-state index is 5.93. The molecular formula is C15H18N2O2. The number of aliphatic imine (C=N–C) groups is 1. The van der Waals surface area contributed by atoms with Crippen LogP contribution in [-0.2, 0) is 9.47 Å². The molecule has 0 amide bonds. The van der Waals surface area contributed by atoms with Gasteiger partial charge in [0.05, 0.1) is 18.5 Å². The summed E-state index contributed by atoms with van der Waals surface area (Å²) in [6, 6.07) is 8.13. The van der Waals surface area contributed by atoms with Crippen LogP contribution in [0.5, 0.6) is 0 Å². The van der Waals surface area contributed by atoms with Gasteiger partial charge in [-0.25, -0.2) is 0 Å². The fraction of sp³-hybridized carbons (Fsp3) is 0.400. The Morgan fingerprint density at radius 2 is 2.21 bits per heavy atom. The van der Waals surface area contributed by atoms with Gasteiger partial charge in [-0.3, -0.25) is 4.99 Å². The van der Waals surface area contributed by atoms with Crippen LogP contribution < -0.4 is 4.90 Å². The zero-order chi connectivity index (χ0) is 13.1. The van der Waals surface area contributed by atoms with Crippen LogP contribution in [0.15, 0.2) is 41.3 Å². The summed E-state index contributed by atoms with van der Waals surface area (Å²) in [6.07, 6.45) is 6.67. The molecule has 1 fully saturated rings. The Morgan fingerprint density at radius 1 is 1.32 bits per heavy atom. The van der Waals surface area contributed by atoms with Crippen molar-refractivity contribution in [3.63, 3.8) is 0 Å². The van der Waals surface area contributed by atoms with Crippen molar-refractivity contribution < 1.29 is 9.47 Å². The van der Waals surface area contributed by atoms with Crippen molar-refractivity contribution in [2.75, 3.05) is 18.6 Å². The van der Waals surface area contributed by atoms with Crippen LogP contribution in [0.3, 0.4) is 0 Å². The summed E-state index contributed by atoms with van der Waals surface area (Å²) in [6.45, 7) is 0.779. The Kier molecular flexibility index (Phi) is 3.51. The highest BCUT2D eigenvalue weighted by atomic mass is 16.7. The number of anilines is 1. The second-order valence-electron chi connectivity index (χ2n) is 4.78. The molecular weight excluding hydrogens is 240 g/mol.